The van der Waals surface area contributed by atoms with Crippen LogP contribution in [0.3, 0.4) is 0 Å². The second-order valence-corrected chi connectivity index (χ2v) is 7.50. The number of hydrogen-bond acceptors (Lipinski definition) is 4. The molecule has 1 aliphatic rings. The van der Waals surface area contributed by atoms with Crippen LogP contribution in [0.1, 0.15) is 25.7 Å². The lowest BCUT2D eigenvalue weighted by Gasteiger charge is -2.26. The molecule has 0 bridgehead atoms. The summed E-state index contributed by atoms with van der Waals surface area (Å²) in [5.41, 5.74) is 10.0. The smallest absolute Gasteiger partial charge is 0.223 e. The molecule has 4 rings (SSSR count). The number of benzene rings is 2. The highest BCUT2D eigenvalue weighted by Gasteiger charge is 2.19. The predicted octanol–water partition coefficient (Wildman–Crippen LogP) is 5.15. The van der Waals surface area contributed by atoms with Crippen LogP contribution in [0.15, 0.2) is 60.8 Å². The molecule has 1 fully saturated rings. The summed E-state index contributed by atoms with van der Waals surface area (Å²) >= 11 is 6.42. The molecule has 3 N–H and O–H groups in total. The van der Waals surface area contributed by atoms with E-state index in [2.05, 4.69) is 34.6 Å². The fraction of sp³-hybridized carbons (Fsp3) is 0.273. The number of hydrogen-bond donors (Lipinski definition) is 2. The molecular formula is C22H23ClN4. The summed E-state index contributed by atoms with van der Waals surface area (Å²) in [5, 5.41) is 4.00. The third-order valence-electron chi connectivity index (χ3n) is 5.09. The highest BCUT2D eigenvalue weighted by Crippen LogP contribution is 2.30. The number of nitrogens with two attached hydrogens (primary N) is 1. The van der Waals surface area contributed by atoms with Gasteiger partial charge in [-0.1, -0.05) is 60.1 Å². The van der Waals surface area contributed by atoms with Gasteiger partial charge in [0.15, 0.2) is 0 Å². The van der Waals surface area contributed by atoms with Crippen molar-refractivity contribution in [2.24, 2.45) is 5.73 Å². The van der Waals surface area contributed by atoms with Crippen LogP contribution in [0.4, 0.5) is 5.95 Å². The molecule has 2 aromatic carbocycles. The third-order valence-corrected chi connectivity index (χ3v) is 5.37. The van der Waals surface area contributed by atoms with Crippen molar-refractivity contribution in [3.05, 3.63) is 65.8 Å². The lowest BCUT2D eigenvalue weighted by molar-refractivity contribution is 0.410. The molecule has 27 heavy (non-hydrogen) atoms. The van der Waals surface area contributed by atoms with Gasteiger partial charge >= 0.3 is 0 Å². The summed E-state index contributed by atoms with van der Waals surface area (Å²) in [6.07, 6.45) is 5.85. The van der Waals surface area contributed by atoms with Gasteiger partial charge in [0.05, 0.1) is 16.9 Å². The maximum atomic E-state index is 6.42. The van der Waals surface area contributed by atoms with Gasteiger partial charge in [0.25, 0.3) is 0 Å². The van der Waals surface area contributed by atoms with Crippen molar-refractivity contribution in [3.63, 3.8) is 0 Å². The predicted molar refractivity (Wildman–Crippen MR) is 112 cm³/mol. The standard InChI is InChI=1S/C22H23ClN4/c23-20-14-25-22(26-19-11-9-18(24)10-12-19)27-21(20)17-8-4-7-16(13-17)15-5-2-1-3-6-15/h1-8,13-14,18-19H,9-12,24H2,(H,25,26,27). The van der Waals surface area contributed by atoms with Crippen molar-refractivity contribution in [1.29, 1.82) is 0 Å². The molecule has 4 nitrogen and oxygen atoms in total. The van der Waals surface area contributed by atoms with Crippen LogP contribution < -0.4 is 11.1 Å². The van der Waals surface area contributed by atoms with E-state index < -0.39 is 0 Å². The molecule has 0 spiro atoms. The number of nitrogens with one attached hydrogen (secondary N) is 1. The molecular weight excluding hydrogens is 356 g/mol. The van der Waals surface area contributed by atoms with Gasteiger partial charge in [-0.05, 0) is 42.9 Å². The Morgan fingerprint density at radius 3 is 2.37 bits per heavy atom. The minimum atomic E-state index is 0.325. The molecule has 5 heteroatoms. The summed E-state index contributed by atoms with van der Waals surface area (Å²) in [5.74, 6) is 0.625. The zero-order valence-corrected chi connectivity index (χ0v) is 15.9. The van der Waals surface area contributed by atoms with Crippen molar-refractivity contribution in [1.82, 2.24) is 9.97 Å². The van der Waals surface area contributed by atoms with Crippen LogP contribution >= 0.6 is 11.6 Å². The Labute approximate surface area is 164 Å². The number of halogens is 1. The second-order valence-electron chi connectivity index (χ2n) is 7.09. The second kappa shape index (κ2) is 8.07. The number of aromatic nitrogens is 2. The number of rotatable bonds is 4. The molecule has 1 saturated carbocycles. The fourth-order valence-corrected chi connectivity index (χ4v) is 3.76. The van der Waals surface area contributed by atoms with E-state index in [9.17, 15) is 0 Å². The Bertz CT molecular complexity index is 905. The van der Waals surface area contributed by atoms with Gasteiger partial charge in [-0.3, -0.25) is 0 Å². The van der Waals surface area contributed by atoms with Gasteiger partial charge in [-0.2, -0.15) is 0 Å². The average molecular weight is 379 g/mol. The van der Waals surface area contributed by atoms with E-state index in [0.29, 0.717) is 23.1 Å². The van der Waals surface area contributed by atoms with E-state index in [1.54, 1.807) is 6.20 Å². The van der Waals surface area contributed by atoms with Gasteiger partial charge in [-0.25, -0.2) is 9.97 Å². The molecule has 0 aliphatic heterocycles. The molecule has 1 aromatic heterocycles. The maximum Gasteiger partial charge on any atom is 0.223 e. The summed E-state index contributed by atoms with van der Waals surface area (Å²) in [4.78, 5) is 9.08. The van der Waals surface area contributed by atoms with Crippen molar-refractivity contribution < 1.29 is 0 Å². The summed E-state index contributed by atoms with van der Waals surface area (Å²) in [6.45, 7) is 0. The third kappa shape index (κ3) is 4.29. The van der Waals surface area contributed by atoms with Crippen LogP contribution in [0.5, 0.6) is 0 Å². The zero-order valence-electron chi connectivity index (χ0n) is 15.1. The maximum absolute atomic E-state index is 6.42. The Hall–Kier alpha value is -2.43. The van der Waals surface area contributed by atoms with Crippen molar-refractivity contribution >= 4 is 17.5 Å². The quantitative estimate of drug-likeness (QED) is 0.659. The molecule has 0 radical (unpaired) electrons. The van der Waals surface area contributed by atoms with Crippen LogP contribution in [0, 0.1) is 0 Å². The van der Waals surface area contributed by atoms with Crippen LogP contribution in [0.25, 0.3) is 22.4 Å². The first-order valence-corrected chi connectivity index (χ1v) is 9.77. The van der Waals surface area contributed by atoms with Crippen LogP contribution in [0.2, 0.25) is 5.02 Å². The summed E-state index contributed by atoms with van der Waals surface area (Å²) in [7, 11) is 0. The van der Waals surface area contributed by atoms with Gasteiger partial charge in [0.2, 0.25) is 5.95 Å². The summed E-state index contributed by atoms with van der Waals surface area (Å²) < 4.78 is 0. The van der Waals surface area contributed by atoms with E-state index >= 15 is 0 Å². The molecule has 0 unspecified atom stereocenters. The SMILES string of the molecule is NC1CCC(Nc2ncc(Cl)c(-c3cccc(-c4ccccc4)c3)n2)CC1. The molecule has 1 heterocycles. The first kappa shape index (κ1) is 18.0. The average Bonchev–Trinajstić information content (AvgIpc) is 2.72. The molecule has 0 amide bonds. The highest BCUT2D eigenvalue weighted by molar-refractivity contribution is 6.32. The van der Waals surface area contributed by atoms with Crippen LogP contribution in [-0.4, -0.2) is 22.1 Å². The molecule has 0 atom stereocenters. The molecule has 0 saturated heterocycles. The van der Waals surface area contributed by atoms with Gasteiger partial charge in [0.1, 0.15) is 0 Å². The van der Waals surface area contributed by atoms with Crippen molar-refractivity contribution in [2.75, 3.05) is 5.32 Å². The Morgan fingerprint density at radius 2 is 1.59 bits per heavy atom. The molecule has 3 aromatic rings. The fourth-order valence-electron chi connectivity index (χ4n) is 3.56. The lowest BCUT2D eigenvalue weighted by Crippen LogP contribution is -2.33. The lowest BCUT2D eigenvalue weighted by atomic mass is 9.92. The van der Waals surface area contributed by atoms with E-state index in [4.69, 9.17) is 22.3 Å². The Balaban J connectivity index is 1.60. The van der Waals surface area contributed by atoms with Crippen molar-refractivity contribution in [3.8, 4) is 22.4 Å². The largest absolute Gasteiger partial charge is 0.351 e. The zero-order chi connectivity index (χ0) is 18.6. The van der Waals surface area contributed by atoms with Gasteiger partial charge in [0, 0.05) is 17.6 Å². The monoisotopic (exact) mass is 378 g/mol. The van der Waals surface area contributed by atoms with Crippen molar-refractivity contribution in [2.45, 2.75) is 37.8 Å². The van der Waals surface area contributed by atoms with Gasteiger partial charge in [-0.15, -0.1) is 0 Å². The van der Waals surface area contributed by atoms with Gasteiger partial charge < -0.3 is 11.1 Å². The highest BCUT2D eigenvalue weighted by atomic mass is 35.5. The van der Waals surface area contributed by atoms with E-state index in [1.807, 2.05) is 30.3 Å². The van der Waals surface area contributed by atoms with E-state index in [1.165, 1.54) is 5.56 Å². The first-order chi connectivity index (χ1) is 13.2. The topological polar surface area (TPSA) is 63.8 Å². The minimum absolute atomic E-state index is 0.325. The number of anilines is 1. The van der Waals surface area contributed by atoms with Crippen LogP contribution in [-0.2, 0) is 0 Å². The Morgan fingerprint density at radius 1 is 0.889 bits per heavy atom. The first-order valence-electron chi connectivity index (χ1n) is 9.39. The Kier molecular flexibility index (Phi) is 5.37. The normalized spacial score (nSPS) is 19.6. The van der Waals surface area contributed by atoms with E-state index in [0.717, 1.165) is 42.5 Å². The molecule has 138 valence electrons. The van der Waals surface area contributed by atoms with E-state index in [-0.39, 0.29) is 0 Å². The molecule has 1 aliphatic carbocycles. The number of nitrogens with zero attached hydrogens (tertiary/aromatic N) is 2. The summed E-state index contributed by atoms with van der Waals surface area (Å²) in [6, 6.07) is 19.3. The minimum Gasteiger partial charge on any atom is -0.351 e.